The second kappa shape index (κ2) is 5.55. The summed E-state index contributed by atoms with van der Waals surface area (Å²) in [5.41, 5.74) is 0.474. The van der Waals surface area contributed by atoms with Gasteiger partial charge in [-0.05, 0) is 24.6 Å². The minimum absolute atomic E-state index is 0.107. The molecule has 88 valence electrons. The Morgan fingerprint density at radius 3 is 2.38 bits per heavy atom. The van der Waals surface area contributed by atoms with E-state index in [4.69, 9.17) is 0 Å². The molecule has 0 saturated heterocycles. The molecule has 0 aliphatic rings. The van der Waals surface area contributed by atoms with Crippen LogP contribution in [0.3, 0.4) is 0 Å². The van der Waals surface area contributed by atoms with Gasteiger partial charge in [-0.1, -0.05) is 0 Å². The van der Waals surface area contributed by atoms with Crippen molar-refractivity contribution in [2.24, 2.45) is 0 Å². The molecule has 16 heavy (non-hydrogen) atoms. The van der Waals surface area contributed by atoms with E-state index in [1.54, 1.807) is 6.92 Å². The maximum absolute atomic E-state index is 12.9. The van der Waals surface area contributed by atoms with Gasteiger partial charge in [0.2, 0.25) is 5.91 Å². The van der Waals surface area contributed by atoms with E-state index in [1.807, 2.05) is 0 Å². The minimum Gasteiger partial charge on any atom is -0.358 e. The van der Waals surface area contributed by atoms with Crippen LogP contribution in [-0.2, 0) is 4.79 Å². The lowest BCUT2D eigenvalue weighted by Gasteiger charge is -2.13. The van der Waals surface area contributed by atoms with E-state index in [0.717, 1.165) is 6.07 Å². The van der Waals surface area contributed by atoms with Crippen molar-refractivity contribution in [3.63, 3.8) is 0 Å². The van der Waals surface area contributed by atoms with Crippen LogP contribution in [0.25, 0.3) is 0 Å². The number of nitrogens with one attached hydrogen (secondary N) is 2. The lowest BCUT2D eigenvalue weighted by molar-refractivity contribution is -0.119. The lowest BCUT2D eigenvalue weighted by atomic mass is 10.1. The monoisotopic (exact) mass is 228 g/mol. The Morgan fingerprint density at radius 2 is 1.88 bits per heavy atom. The fraction of sp³-hybridized carbons (Fsp3) is 0.364. The molecule has 0 aliphatic heterocycles. The minimum atomic E-state index is -0.622. The largest absolute Gasteiger partial charge is 0.358 e. The van der Waals surface area contributed by atoms with Crippen molar-refractivity contribution >= 4 is 5.91 Å². The maximum Gasteiger partial charge on any atom is 0.233 e. The molecule has 1 unspecified atom stereocenters. The molecule has 0 heterocycles. The van der Waals surface area contributed by atoms with Gasteiger partial charge in [0.15, 0.2) is 0 Å². The van der Waals surface area contributed by atoms with Gasteiger partial charge in [0, 0.05) is 19.2 Å². The van der Waals surface area contributed by atoms with Crippen LogP contribution < -0.4 is 10.6 Å². The zero-order valence-electron chi connectivity index (χ0n) is 9.18. The van der Waals surface area contributed by atoms with Gasteiger partial charge in [0.1, 0.15) is 11.6 Å². The number of rotatable bonds is 4. The van der Waals surface area contributed by atoms with Crippen LogP contribution in [0.1, 0.15) is 18.5 Å². The van der Waals surface area contributed by atoms with Crippen molar-refractivity contribution in [3.05, 3.63) is 35.4 Å². The van der Waals surface area contributed by atoms with Gasteiger partial charge in [-0.2, -0.15) is 0 Å². The van der Waals surface area contributed by atoms with Crippen molar-refractivity contribution in [3.8, 4) is 0 Å². The highest BCUT2D eigenvalue weighted by atomic mass is 19.1. The molecule has 1 aromatic carbocycles. The Bertz CT molecular complexity index is 362. The van der Waals surface area contributed by atoms with Gasteiger partial charge in [-0.15, -0.1) is 0 Å². The van der Waals surface area contributed by atoms with E-state index in [0.29, 0.717) is 5.56 Å². The summed E-state index contributed by atoms with van der Waals surface area (Å²) in [5.74, 6) is -1.42. The van der Waals surface area contributed by atoms with Crippen molar-refractivity contribution in [2.45, 2.75) is 13.0 Å². The third-order valence-corrected chi connectivity index (χ3v) is 2.23. The highest BCUT2D eigenvalue weighted by Gasteiger charge is 2.09. The number of carbonyl (C=O) groups is 1. The van der Waals surface area contributed by atoms with E-state index < -0.39 is 11.6 Å². The Labute approximate surface area is 92.8 Å². The van der Waals surface area contributed by atoms with Gasteiger partial charge in [-0.3, -0.25) is 4.79 Å². The number of hydrogen-bond donors (Lipinski definition) is 2. The number of carbonyl (C=O) groups excluding carboxylic acids is 1. The molecule has 1 aromatic rings. The first-order valence-electron chi connectivity index (χ1n) is 4.93. The van der Waals surface area contributed by atoms with Crippen molar-refractivity contribution in [1.29, 1.82) is 0 Å². The first-order chi connectivity index (χ1) is 7.52. The molecule has 1 rings (SSSR count). The first-order valence-corrected chi connectivity index (χ1v) is 4.93. The molecular weight excluding hydrogens is 214 g/mol. The Balaban J connectivity index is 2.65. The molecule has 0 aromatic heterocycles. The lowest BCUT2D eigenvalue weighted by Crippen LogP contribution is -2.32. The predicted molar refractivity (Wildman–Crippen MR) is 56.8 cm³/mol. The molecule has 1 atom stereocenters. The van der Waals surface area contributed by atoms with Crippen LogP contribution in [0, 0.1) is 11.6 Å². The molecule has 0 saturated carbocycles. The fourth-order valence-corrected chi connectivity index (χ4v) is 1.28. The summed E-state index contributed by atoms with van der Waals surface area (Å²) < 4.78 is 25.8. The first kappa shape index (κ1) is 12.6. The summed E-state index contributed by atoms with van der Waals surface area (Å²) >= 11 is 0. The molecule has 0 radical (unpaired) electrons. The van der Waals surface area contributed by atoms with Crippen LogP contribution in [-0.4, -0.2) is 19.5 Å². The second-order valence-corrected chi connectivity index (χ2v) is 3.48. The number of halogens is 2. The molecule has 3 nitrogen and oxygen atoms in total. The van der Waals surface area contributed by atoms with E-state index in [1.165, 1.54) is 19.2 Å². The Hall–Kier alpha value is -1.49. The molecule has 1 amide bonds. The van der Waals surface area contributed by atoms with Crippen molar-refractivity contribution in [2.75, 3.05) is 13.6 Å². The smallest absolute Gasteiger partial charge is 0.233 e. The van der Waals surface area contributed by atoms with Crippen LogP contribution >= 0.6 is 0 Å². The summed E-state index contributed by atoms with van der Waals surface area (Å²) in [5, 5.41) is 5.30. The van der Waals surface area contributed by atoms with E-state index in [-0.39, 0.29) is 18.5 Å². The van der Waals surface area contributed by atoms with E-state index in [9.17, 15) is 13.6 Å². The third kappa shape index (κ3) is 3.58. The molecule has 5 heteroatoms. The topological polar surface area (TPSA) is 41.1 Å². The average molecular weight is 228 g/mol. The molecule has 0 fully saturated rings. The van der Waals surface area contributed by atoms with E-state index >= 15 is 0 Å². The van der Waals surface area contributed by atoms with Crippen molar-refractivity contribution in [1.82, 2.24) is 10.6 Å². The number of likely N-dealkylation sites (N-methyl/N-ethyl adjacent to an activating group) is 1. The molecule has 0 aliphatic carbocycles. The number of benzene rings is 1. The van der Waals surface area contributed by atoms with Gasteiger partial charge >= 0.3 is 0 Å². The van der Waals surface area contributed by atoms with Crippen LogP contribution in [0.2, 0.25) is 0 Å². The quantitative estimate of drug-likeness (QED) is 0.817. The fourth-order valence-electron chi connectivity index (χ4n) is 1.28. The highest BCUT2D eigenvalue weighted by Crippen LogP contribution is 2.15. The maximum atomic E-state index is 12.9. The molecule has 0 spiro atoms. The van der Waals surface area contributed by atoms with Gasteiger partial charge in [0.25, 0.3) is 0 Å². The van der Waals surface area contributed by atoms with Crippen LogP contribution in [0.4, 0.5) is 8.78 Å². The third-order valence-electron chi connectivity index (χ3n) is 2.23. The molecular formula is C11H14F2N2O. The van der Waals surface area contributed by atoms with Crippen LogP contribution in [0.15, 0.2) is 18.2 Å². The van der Waals surface area contributed by atoms with Gasteiger partial charge in [0.05, 0.1) is 6.54 Å². The number of amides is 1. The summed E-state index contributed by atoms with van der Waals surface area (Å²) in [6.07, 6.45) is 0. The zero-order chi connectivity index (χ0) is 12.1. The molecule has 0 bridgehead atoms. The van der Waals surface area contributed by atoms with Crippen LogP contribution in [0.5, 0.6) is 0 Å². The zero-order valence-corrected chi connectivity index (χ0v) is 9.18. The average Bonchev–Trinajstić information content (AvgIpc) is 2.23. The highest BCUT2D eigenvalue weighted by molar-refractivity contribution is 5.77. The summed E-state index contributed by atoms with van der Waals surface area (Å²) in [6, 6.07) is 3.01. The second-order valence-electron chi connectivity index (χ2n) is 3.48. The Kier molecular flexibility index (Phi) is 4.37. The summed E-state index contributed by atoms with van der Waals surface area (Å²) in [6.45, 7) is 1.84. The SMILES string of the molecule is CNC(=O)CNC(C)c1cc(F)cc(F)c1. The normalized spacial score (nSPS) is 12.2. The van der Waals surface area contributed by atoms with Gasteiger partial charge < -0.3 is 10.6 Å². The van der Waals surface area contributed by atoms with Crippen molar-refractivity contribution < 1.29 is 13.6 Å². The van der Waals surface area contributed by atoms with E-state index in [2.05, 4.69) is 10.6 Å². The standard InChI is InChI=1S/C11H14F2N2O/c1-7(15-6-11(16)14-2)8-3-9(12)5-10(13)4-8/h3-5,7,15H,6H2,1-2H3,(H,14,16). The Morgan fingerprint density at radius 1 is 1.31 bits per heavy atom. The van der Waals surface area contributed by atoms with Gasteiger partial charge in [-0.25, -0.2) is 8.78 Å². The predicted octanol–water partition coefficient (Wildman–Crippen LogP) is 1.36. The number of hydrogen-bond acceptors (Lipinski definition) is 2. The summed E-state index contributed by atoms with van der Waals surface area (Å²) in [4.78, 5) is 11.0. The summed E-state index contributed by atoms with van der Waals surface area (Å²) in [7, 11) is 1.52. The molecule has 2 N–H and O–H groups in total.